The Bertz CT molecular complexity index is 734. The van der Waals surface area contributed by atoms with E-state index in [1.54, 1.807) is 0 Å². The number of carbonyl (C=O) groups excluding carboxylic acids is 1. The van der Waals surface area contributed by atoms with Gasteiger partial charge in [-0.05, 0) is 29.0 Å². The second-order valence-corrected chi connectivity index (χ2v) is 5.94. The number of amides is 1. The Hall–Kier alpha value is -2.39. The Morgan fingerprint density at radius 3 is 2.32 bits per heavy atom. The zero-order valence-corrected chi connectivity index (χ0v) is 13.0. The zero-order chi connectivity index (χ0) is 15.2. The summed E-state index contributed by atoms with van der Waals surface area (Å²) >= 11 is 1.49. The Morgan fingerprint density at radius 2 is 1.59 bits per heavy atom. The van der Waals surface area contributed by atoms with Gasteiger partial charge >= 0.3 is 0 Å². The molecule has 0 saturated heterocycles. The van der Waals surface area contributed by atoms with Crippen molar-refractivity contribution in [3.8, 4) is 11.1 Å². The summed E-state index contributed by atoms with van der Waals surface area (Å²) in [5.41, 5.74) is 3.32. The van der Waals surface area contributed by atoms with Crippen molar-refractivity contribution >= 4 is 17.2 Å². The highest BCUT2D eigenvalue weighted by Crippen LogP contribution is 2.27. The molecule has 0 atom stereocenters. The molecule has 110 valence electrons. The Kier molecular flexibility index (Phi) is 4.66. The first-order valence-electron chi connectivity index (χ1n) is 7.29. The van der Waals surface area contributed by atoms with Gasteiger partial charge in [0.2, 0.25) is 0 Å². The van der Waals surface area contributed by atoms with Gasteiger partial charge in [0.1, 0.15) is 0 Å². The first kappa shape index (κ1) is 14.5. The van der Waals surface area contributed by atoms with E-state index < -0.39 is 0 Å². The second-order valence-electron chi connectivity index (χ2n) is 5.02. The van der Waals surface area contributed by atoms with Crippen LogP contribution in [0, 0.1) is 0 Å². The summed E-state index contributed by atoms with van der Waals surface area (Å²) in [4.78, 5) is 13.2. The zero-order valence-electron chi connectivity index (χ0n) is 12.2. The molecular weight excluding hydrogens is 290 g/mol. The average molecular weight is 307 g/mol. The molecule has 1 N–H and O–H groups in total. The Balaban J connectivity index is 1.65. The van der Waals surface area contributed by atoms with Crippen LogP contribution >= 0.6 is 11.3 Å². The normalized spacial score (nSPS) is 10.4. The highest BCUT2D eigenvalue weighted by molar-refractivity contribution is 7.12. The molecule has 1 aromatic heterocycles. The predicted molar refractivity (Wildman–Crippen MR) is 92.2 cm³/mol. The van der Waals surface area contributed by atoms with Crippen molar-refractivity contribution in [2.45, 2.75) is 6.42 Å². The van der Waals surface area contributed by atoms with Gasteiger partial charge in [0.15, 0.2) is 0 Å². The van der Waals surface area contributed by atoms with Crippen LogP contribution in [0.3, 0.4) is 0 Å². The van der Waals surface area contributed by atoms with Crippen molar-refractivity contribution in [1.29, 1.82) is 0 Å². The molecule has 0 saturated carbocycles. The minimum atomic E-state index is 0.00443. The molecule has 3 rings (SSSR count). The van der Waals surface area contributed by atoms with Crippen molar-refractivity contribution < 1.29 is 4.79 Å². The molecule has 0 bridgehead atoms. The highest BCUT2D eigenvalue weighted by Gasteiger charge is 2.13. The van der Waals surface area contributed by atoms with Crippen molar-refractivity contribution in [3.05, 3.63) is 82.6 Å². The molecule has 0 aliphatic heterocycles. The molecule has 0 aliphatic rings. The highest BCUT2D eigenvalue weighted by atomic mass is 32.1. The van der Waals surface area contributed by atoms with Gasteiger partial charge in [-0.1, -0.05) is 60.7 Å². The van der Waals surface area contributed by atoms with E-state index in [0.717, 1.165) is 22.4 Å². The van der Waals surface area contributed by atoms with E-state index in [9.17, 15) is 4.79 Å². The van der Waals surface area contributed by atoms with Crippen LogP contribution in [0.25, 0.3) is 11.1 Å². The lowest BCUT2D eigenvalue weighted by Crippen LogP contribution is -2.25. The van der Waals surface area contributed by atoms with Gasteiger partial charge in [0.05, 0.1) is 4.88 Å². The standard InChI is InChI=1S/C19H17NOS/c21-19(20-13-11-15-7-3-1-4-8-15)18-17(12-14-22-18)16-9-5-2-6-10-16/h1-10,12,14H,11,13H2,(H,20,21). The van der Waals surface area contributed by atoms with Crippen molar-refractivity contribution in [2.24, 2.45) is 0 Å². The third-order valence-electron chi connectivity index (χ3n) is 3.50. The quantitative estimate of drug-likeness (QED) is 0.744. The molecule has 3 heteroatoms. The van der Waals surface area contributed by atoms with E-state index in [0.29, 0.717) is 6.54 Å². The first-order chi connectivity index (χ1) is 10.8. The lowest BCUT2D eigenvalue weighted by atomic mass is 10.1. The largest absolute Gasteiger partial charge is 0.351 e. The van der Waals surface area contributed by atoms with E-state index >= 15 is 0 Å². The fraction of sp³-hybridized carbons (Fsp3) is 0.105. The van der Waals surface area contributed by atoms with Crippen LogP contribution in [0.5, 0.6) is 0 Å². The van der Waals surface area contributed by atoms with E-state index in [4.69, 9.17) is 0 Å². The molecule has 3 aromatic rings. The Morgan fingerprint density at radius 1 is 0.909 bits per heavy atom. The monoisotopic (exact) mass is 307 g/mol. The molecule has 1 amide bonds. The van der Waals surface area contributed by atoms with Gasteiger partial charge in [0, 0.05) is 12.1 Å². The number of hydrogen-bond acceptors (Lipinski definition) is 2. The minimum Gasteiger partial charge on any atom is -0.351 e. The van der Waals surface area contributed by atoms with Crippen LogP contribution in [-0.2, 0) is 6.42 Å². The molecule has 2 aromatic carbocycles. The maximum Gasteiger partial charge on any atom is 0.261 e. The number of nitrogens with one attached hydrogen (secondary N) is 1. The van der Waals surface area contributed by atoms with Crippen LogP contribution in [-0.4, -0.2) is 12.5 Å². The van der Waals surface area contributed by atoms with Gasteiger partial charge in [-0.2, -0.15) is 0 Å². The van der Waals surface area contributed by atoms with Crippen molar-refractivity contribution in [2.75, 3.05) is 6.54 Å². The molecule has 1 heterocycles. The Labute approximate surface area is 134 Å². The lowest BCUT2D eigenvalue weighted by molar-refractivity contribution is 0.0959. The number of rotatable bonds is 5. The molecular formula is C19H17NOS. The maximum absolute atomic E-state index is 12.4. The topological polar surface area (TPSA) is 29.1 Å². The fourth-order valence-corrected chi connectivity index (χ4v) is 3.21. The number of carbonyl (C=O) groups is 1. The molecule has 0 unspecified atom stereocenters. The fourth-order valence-electron chi connectivity index (χ4n) is 2.38. The van der Waals surface area contributed by atoms with E-state index in [2.05, 4.69) is 17.4 Å². The van der Waals surface area contributed by atoms with E-state index in [-0.39, 0.29) is 5.91 Å². The summed E-state index contributed by atoms with van der Waals surface area (Å²) in [5.74, 6) is 0.00443. The molecule has 0 aliphatic carbocycles. The molecule has 0 spiro atoms. The van der Waals surface area contributed by atoms with Crippen LogP contribution in [0.2, 0.25) is 0 Å². The molecule has 22 heavy (non-hydrogen) atoms. The van der Waals surface area contributed by atoms with Gasteiger partial charge in [-0.25, -0.2) is 0 Å². The molecule has 0 radical (unpaired) electrons. The van der Waals surface area contributed by atoms with Gasteiger partial charge < -0.3 is 5.32 Å². The summed E-state index contributed by atoms with van der Waals surface area (Å²) < 4.78 is 0. The summed E-state index contributed by atoms with van der Waals surface area (Å²) in [6, 6.07) is 22.2. The summed E-state index contributed by atoms with van der Waals surface area (Å²) in [6.45, 7) is 0.648. The third-order valence-corrected chi connectivity index (χ3v) is 4.41. The lowest BCUT2D eigenvalue weighted by Gasteiger charge is -2.06. The van der Waals surface area contributed by atoms with Crippen LogP contribution < -0.4 is 5.32 Å². The number of benzene rings is 2. The summed E-state index contributed by atoms with van der Waals surface area (Å²) in [7, 11) is 0. The number of hydrogen-bond donors (Lipinski definition) is 1. The second kappa shape index (κ2) is 7.05. The van der Waals surface area contributed by atoms with E-state index in [1.807, 2.05) is 60.0 Å². The smallest absolute Gasteiger partial charge is 0.261 e. The van der Waals surface area contributed by atoms with Crippen LogP contribution in [0.1, 0.15) is 15.2 Å². The van der Waals surface area contributed by atoms with Crippen molar-refractivity contribution in [1.82, 2.24) is 5.32 Å². The maximum atomic E-state index is 12.4. The third kappa shape index (κ3) is 3.43. The first-order valence-corrected chi connectivity index (χ1v) is 8.17. The predicted octanol–water partition coefficient (Wildman–Crippen LogP) is 4.39. The van der Waals surface area contributed by atoms with Crippen LogP contribution in [0.15, 0.2) is 72.1 Å². The molecule has 0 fully saturated rings. The van der Waals surface area contributed by atoms with Crippen LogP contribution in [0.4, 0.5) is 0 Å². The average Bonchev–Trinajstić information content (AvgIpc) is 3.06. The summed E-state index contributed by atoms with van der Waals surface area (Å²) in [6.07, 6.45) is 0.846. The van der Waals surface area contributed by atoms with Gasteiger partial charge in [-0.15, -0.1) is 11.3 Å². The molecule has 2 nitrogen and oxygen atoms in total. The number of thiophene rings is 1. The van der Waals surface area contributed by atoms with Crippen molar-refractivity contribution in [3.63, 3.8) is 0 Å². The minimum absolute atomic E-state index is 0.00443. The van der Waals surface area contributed by atoms with E-state index in [1.165, 1.54) is 16.9 Å². The van der Waals surface area contributed by atoms with Gasteiger partial charge in [-0.3, -0.25) is 4.79 Å². The van der Waals surface area contributed by atoms with Gasteiger partial charge in [0.25, 0.3) is 5.91 Å². The summed E-state index contributed by atoms with van der Waals surface area (Å²) in [5, 5.41) is 4.98. The SMILES string of the molecule is O=C(NCCc1ccccc1)c1sccc1-c1ccccc1.